The standard InChI is InChI=1S/C28H25NOS/c1-19-6-12-22(13-7-19)28(23-14-8-20(2)9-15-23)26(25-5-4-18-31-25)29(27(28)30)24-16-10-21(3)11-17-24/h4-18,26H,1-3H3. The van der Waals surface area contributed by atoms with Crippen molar-refractivity contribution in [2.75, 3.05) is 4.90 Å². The lowest BCUT2D eigenvalue weighted by Gasteiger charge is -2.56. The van der Waals surface area contributed by atoms with E-state index in [1.807, 2.05) is 4.90 Å². The summed E-state index contributed by atoms with van der Waals surface area (Å²) >= 11 is 1.71. The molecule has 5 rings (SSSR count). The van der Waals surface area contributed by atoms with Crippen LogP contribution in [0.15, 0.2) is 90.3 Å². The molecule has 0 bridgehead atoms. The van der Waals surface area contributed by atoms with Gasteiger partial charge in [0, 0.05) is 10.6 Å². The number of aryl methyl sites for hydroxylation is 3. The molecule has 1 aromatic heterocycles. The molecule has 0 saturated carbocycles. The summed E-state index contributed by atoms with van der Waals surface area (Å²) in [4.78, 5) is 17.3. The van der Waals surface area contributed by atoms with Gasteiger partial charge in [0.15, 0.2) is 0 Å². The van der Waals surface area contributed by atoms with Gasteiger partial charge >= 0.3 is 0 Å². The molecule has 1 aliphatic heterocycles. The van der Waals surface area contributed by atoms with Crippen molar-refractivity contribution in [3.05, 3.63) is 123 Å². The number of carbonyl (C=O) groups excluding carboxylic acids is 1. The molecular formula is C28H25NOS. The molecule has 0 aliphatic carbocycles. The summed E-state index contributed by atoms with van der Waals surface area (Å²) in [7, 11) is 0. The minimum atomic E-state index is -0.739. The largest absolute Gasteiger partial charge is 0.301 e. The van der Waals surface area contributed by atoms with Gasteiger partial charge in [-0.2, -0.15) is 0 Å². The maximum atomic E-state index is 14.2. The monoisotopic (exact) mass is 423 g/mol. The summed E-state index contributed by atoms with van der Waals surface area (Å²) in [5, 5.41) is 2.10. The highest BCUT2D eigenvalue weighted by molar-refractivity contribution is 7.10. The SMILES string of the molecule is Cc1ccc(N2C(=O)C(c3ccc(C)cc3)(c3ccc(C)cc3)C2c2cccs2)cc1. The van der Waals surface area contributed by atoms with Crippen molar-refractivity contribution in [2.45, 2.75) is 32.2 Å². The van der Waals surface area contributed by atoms with E-state index in [4.69, 9.17) is 0 Å². The second-order valence-corrected chi connectivity index (χ2v) is 9.45. The summed E-state index contributed by atoms with van der Waals surface area (Å²) in [6.45, 7) is 6.24. The van der Waals surface area contributed by atoms with Gasteiger partial charge in [0.2, 0.25) is 5.91 Å². The van der Waals surface area contributed by atoms with Gasteiger partial charge in [-0.1, -0.05) is 83.4 Å². The zero-order valence-electron chi connectivity index (χ0n) is 18.0. The maximum Gasteiger partial charge on any atom is 0.245 e. The minimum absolute atomic E-state index is 0.0897. The van der Waals surface area contributed by atoms with Gasteiger partial charge in [-0.3, -0.25) is 4.79 Å². The highest BCUT2D eigenvalue weighted by Crippen LogP contribution is 2.58. The summed E-state index contributed by atoms with van der Waals surface area (Å²) in [6, 6.07) is 29.3. The lowest BCUT2D eigenvalue weighted by Crippen LogP contribution is -2.67. The number of benzene rings is 3. The van der Waals surface area contributed by atoms with Crippen LogP contribution in [-0.2, 0) is 10.2 Å². The Labute approximate surface area is 187 Å². The average molecular weight is 424 g/mol. The van der Waals surface area contributed by atoms with Crippen LogP contribution >= 0.6 is 11.3 Å². The first-order valence-electron chi connectivity index (χ1n) is 10.6. The van der Waals surface area contributed by atoms with Crippen molar-refractivity contribution < 1.29 is 4.79 Å². The third-order valence-corrected chi connectivity index (χ3v) is 7.29. The van der Waals surface area contributed by atoms with Crippen molar-refractivity contribution in [1.82, 2.24) is 0 Å². The Morgan fingerprint density at radius 3 is 1.65 bits per heavy atom. The van der Waals surface area contributed by atoms with Crippen LogP contribution in [0.4, 0.5) is 5.69 Å². The van der Waals surface area contributed by atoms with E-state index in [-0.39, 0.29) is 11.9 Å². The van der Waals surface area contributed by atoms with E-state index >= 15 is 0 Å². The number of anilines is 1. The second-order valence-electron chi connectivity index (χ2n) is 8.47. The van der Waals surface area contributed by atoms with E-state index in [1.54, 1.807) is 11.3 Å². The van der Waals surface area contributed by atoms with Crippen LogP contribution in [0.5, 0.6) is 0 Å². The van der Waals surface area contributed by atoms with Crippen LogP contribution in [0.3, 0.4) is 0 Å². The first-order valence-corrected chi connectivity index (χ1v) is 11.5. The van der Waals surface area contributed by atoms with Crippen LogP contribution < -0.4 is 4.90 Å². The van der Waals surface area contributed by atoms with Gasteiger partial charge in [0.05, 0.1) is 6.04 Å². The van der Waals surface area contributed by atoms with Gasteiger partial charge in [-0.15, -0.1) is 11.3 Å². The first-order chi connectivity index (χ1) is 15.0. The van der Waals surface area contributed by atoms with Gasteiger partial charge in [-0.25, -0.2) is 0 Å². The second kappa shape index (κ2) is 7.51. The third kappa shape index (κ3) is 3.03. The summed E-state index contributed by atoms with van der Waals surface area (Å²) in [6.07, 6.45) is 0. The third-order valence-electron chi connectivity index (χ3n) is 6.36. The van der Waals surface area contributed by atoms with Crippen molar-refractivity contribution in [3.8, 4) is 0 Å². The van der Waals surface area contributed by atoms with Crippen LogP contribution in [0.1, 0.15) is 38.7 Å². The quantitative estimate of drug-likeness (QED) is 0.333. The van der Waals surface area contributed by atoms with Gasteiger partial charge < -0.3 is 4.90 Å². The van der Waals surface area contributed by atoms with E-state index < -0.39 is 5.41 Å². The highest BCUT2D eigenvalue weighted by atomic mass is 32.1. The molecule has 3 aromatic carbocycles. The van der Waals surface area contributed by atoms with Crippen LogP contribution in [0.2, 0.25) is 0 Å². The predicted octanol–water partition coefficient (Wildman–Crippen LogP) is 6.75. The van der Waals surface area contributed by atoms with Gasteiger partial charge in [0.1, 0.15) is 5.41 Å². The number of hydrogen-bond donors (Lipinski definition) is 0. The molecular weight excluding hydrogens is 398 g/mol. The molecule has 1 atom stereocenters. The zero-order chi connectivity index (χ0) is 21.6. The fourth-order valence-corrected chi connectivity index (χ4v) is 5.56. The smallest absolute Gasteiger partial charge is 0.245 e. The first kappa shape index (κ1) is 19.8. The van der Waals surface area contributed by atoms with E-state index in [9.17, 15) is 4.79 Å². The number of thiophene rings is 1. The molecule has 2 nitrogen and oxygen atoms in total. The van der Waals surface area contributed by atoms with Crippen molar-refractivity contribution in [1.29, 1.82) is 0 Å². The van der Waals surface area contributed by atoms with E-state index in [0.717, 1.165) is 16.8 Å². The molecule has 1 unspecified atom stereocenters. The van der Waals surface area contributed by atoms with Crippen molar-refractivity contribution in [2.24, 2.45) is 0 Å². The number of amides is 1. The number of rotatable bonds is 4. The molecule has 4 aromatic rings. The van der Waals surface area contributed by atoms with Crippen LogP contribution in [-0.4, -0.2) is 5.91 Å². The van der Waals surface area contributed by atoms with Crippen molar-refractivity contribution >= 4 is 22.9 Å². The molecule has 3 heteroatoms. The molecule has 154 valence electrons. The minimum Gasteiger partial charge on any atom is -0.301 e. The van der Waals surface area contributed by atoms with Crippen molar-refractivity contribution in [3.63, 3.8) is 0 Å². The fourth-order valence-electron chi connectivity index (χ4n) is 4.67. The Bertz CT molecular complexity index is 1160. The normalized spacial score (nSPS) is 17.5. The number of nitrogens with zero attached hydrogens (tertiary/aromatic N) is 1. The summed E-state index contributed by atoms with van der Waals surface area (Å²) in [5.74, 6) is 0.127. The topological polar surface area (TPSA) is 20.3 Å². The Balaban J connectivity index is 1.76. The summed E-state index contributed by atoms with van der Waals surface area (Å²) in [5.41, 5.74) is 5.88. The number of carbonyl (C=O) groups is 1. The van der Waals surface area contributed by atoms with E-state index in [1.165, 1.54) is 21.6 Å². The predicted molar refractivity (Wildman–Crippen MR) is 129 cm³/mol. The Hall–Kier alpha value is -3.17. The van der Waals surface area contributed by atoms with Crippen LogP contribution in [0, 0.1) is 20.8 Å². The number of β-lactam (4-membered cyclic amide) rings is 1. The molecule has 0 spiro atoms. The molecule has 2 heterocycles. The Morgan fingerprint density at radius 2 is 1.19 bits per heavy atom. The Kier molecular flexibility index (Phi) is 4.79. The molecule has 1 fully saturated rings. The zero-order valence-corrected chi connectivity index (χ0v) is 18.8. The fraction of sp³-hybridized carbons (Fsp3) is 0.179. The lowest BCUT2D eigenvalue weighted by molar-refractivity contribution is -0.131. The maximum absolute atomic E-state index is 14.2. The molecule has 1 amide bonds. The molecule has 0 N–H and O–H groups in total. The van der Waals surface area contributed by atoms with E-state index in [2.05, 4.69) is 111 Å². The summed E-state index contributed by atoms with van der Waals surface area (Å²) < 4.78 is 0. The van der Waals surface area contributed by atoms with E-state index in [0.29, 0.717) is 0 Å². The average Bonchev–Trinajstić information content (AvgIpc) is 3.30. The molecule has 1 saturated heterocycles. The molecule has 1 aliphatic rings. The highest BCUT2D eigenvalue weighted by Gasteiger charge is 2.63. The molecule has 31 heavy (non-hydrogen) atoms. The Morgan fingerprint density at radius 1 is 0.710 bits per heavy atom. The van der Waals surface area contributed by atoms with Gasteiger partial charge in [0.25, 0.3) is 0 Å². The van der Waals surface area contributed by atoms with Gasteiger partial charge in [-0.05, 0) is 55.5 Å². The molecule has 0 radical (unpaired) electrons. The van der Waals surface area contributed by atoms with Crippen LogP contribution in [0.25, 0.3) is 0 Å². The number of hydrogen-bond acceptors (Lipinski definition) is 2. The lowest BCUT2D eigenvalue weighted by atomic mass is 9.61.